The van der Waals surface area contributed by atoms with E-state index < -0.39 is 5.41 Å². The van der Waals surface area contributed by atoms with E-state index in [0.29, 0.717) is 11.1 Å². The van der Waals surface area contributed by atoms with Crippen LogP contribution in [0.25, 0.3) is 11.1 Å². The molecule has 0 aliphatic rings. The summed E-state index contributed by atoms with van der Waals surface area (Å²) in [4.78, 5) is 15.7. The lowest BCUT2D eigenvalue weighted by molar-refractivity contribution is -0.146. The summed E-state index contributed by atoms with van der Waals surface area (Å²) in [7, 11) is 1.37. The number of carbonyl (C=O) groups excluding carboxylic acids is 1. The number of hydrogen-bond donors (Lipinski definition) is 1. The summed E-state index contributed by atoms with van der Waals surface area (Å²) in [6.45, 7) is 3.59. The predicted molar refractivity (Wildman–Crippen MR) is 63.5 cm³/mol. The number of oxazole rings is 1. The van der Waals surface area contributed by atoms with Gasteiger partial charge in [-0.15, -0.1) is 0 Å². The molecule has 0 radical (unpaired) electrons. The van der Waals surface area contributed by atoms with E-state index in [1.165, 1.54) is 7.11 Å². The van der Waals surface area contributed by atoms with E-state index in [1.54, 1.807) is 26.0 Å². The number of nitrogens with two attached hydrogens (primary N) is 1. The topological polar surface area (TPSA) is 78.3 Å². The highest BCUT2D eigenvalue weighted by molar-refractivity contribution is 5.84. The molecule has 2 N–H and O–H groups in total. The molecule has 90 valence electrons. The van der Waals surface area contributed by atoms with Crippen molar-refractivity contribution < 1.29 is 13.9 Å². The van der Waals surface area contributed by atoms with Gasteiger partial charge in [-0.05, 0) is 31.5 Å². The molecule has 0 aliphatic carbocycles. The number of carbonyl (C=O) groups is 1. The molecule has 2 aromatic rings. The van der Waals surface area contributed by atoms with Crippen LogP contribution in [0.4, 0.5) is 6.01 Å². The van der Waals surface area contributed by atoms with E-state index in [2.05, 4.69) is 4.98 Å². The van der Waals surface area contributed by atoms with Crippen LogP contribution in [0.5, 0.6) is 0 Å². The van der Waals surface area contributed by atoms with E-state index in [9.17, 15) is 4.79 Å². The van der Waals surface area contributed by atoms with Crippen LogP contribution in [0.2, 0.25) is 0 Å². The van der Waals surface area contributed by atoms with Crippen LogP contribution >= 0.6 is 0 Å². The molecule has 0 saturated carbocycles. The number of methoxy groups -OCH3 is 1. The molecular formula is C12H14N2O3. The molecule has 0 saturated heterocycles. The minimum atomic E-state index is -0.726. The standard InChI is InChI=1S/C12H14N2O3/c1-12(2,10(15)16-3)7-4-5-9-8(6-7)14-11(13)17-9/h4-6H,1-3H3,(H2,13,14). The fourth-order valence-corrected chi connectivity index (χ4v) is 1.71. The lowest BCUT2D eigenvalue weighted by Gasteiger charge is -2.21. The Morgan fingerprint density at radius 2 is 2.18 bits per heavy atom. The quantitative estimate of drug-likeness (QED) is 0.802. The Balaban J connectivity index is 2.52. The van der Waals surface area contributed by atoms with Gasteiger partial charge in [0, 0.05) is 0 Å². The molecule has 1 aromatic carbocycles. The van der Waals surface area contributed by atoms with E-state index in [1.807, 2.05) is 6.07 Å². The summed E-state index contributed by atoms with van der Waals surface area (Å²) in [5.41, 5.74) is 6.79. The largest absolute Gasteiger partial charge is 0.468 e. The van der Waals surface area contributed by atoms with E-state index in [0.717, 1.165) is 5.56 Å². The first-order chi connectivity index (χ1) is 7.95. The van der Waals surface area contributed by atoms with E-state index in [-0.39, 0.29) is 12.0 Å². The van der Waals surface area contributed by atoms with Crippen LogP contribution in [-0.4, -0.2) is 18.1 Å². The van der Waals surface area contributed by atoms with Crippen LogP contribution < -0.4 is 5.73 Å². The van der Waals surface area contributed by atoms with Gasteiger partial charge in [0.15, 0.2) is 5.58 Å². The van der Waals surface area contributed by atoms with Crippen molar-refractivity contribution in [3.63, 3.8) is 0 Å². The summed E-state index contributed by atoms with van der Waals surface area (Å²) in [6.07, 6.45) is 0. The molecule has 0 spiro atoms. The number of esters is 1. The first kappa shape index (κ1) is 11.4. The average Bonchev–Trinajstić information content (AvgIpc) is 2.66. The molecule has 5 nitrogen and oxygen atoms in total. The maximum Gasteiger partial charge on any atom is 0.315 e. The van der Waals surface area contributed by atoms with Crippen LogP contribution in [0.1, 0.15) is 19.4 Å². The van der Waals surface area contributed by atoms with Gasteiger partial charge in [0.2, 0.25) is 0 Å². The second-order valence-corrected chi connectivity index (χ2v) is 4.35. The third-order valence-electron chi connectivity index (χ3n) is 2.82. The summed E-state index contributed by atoms with van der Waals surface area (Å²) < 4.78 is 9.95. The number of anilines is 1. The van der Waals surface area contributed by atoms with Gasteiger partial charge in [0.05, 0.1) is 12.5 Å². The van der Waals surface area contributed by atoms with Gasteiger partial charge in [0.25, 0.3) is 6.01 Å². The van der Waals surface area contributed by atoms with Gasteiger partial charge in [-0.1, -0.05) is 6.07 Å². The number of benzene rings is 1. The smallest absolute Gasteiger partial charge is 0.315 e. The van der Waals surface area contributed by atoms with Gasteiger partial charge in [-0.3, -0.25) is 4.79 Å². The molecule has 0 unspecified atom stereocenters. The number of fused-ring (bicyclic) bond motifs is 1. The minimum Gasteiger partial charge on any atom is -0.468 e. The number of nitrogen functional groups attached to an aromatic ring is 1. The SMILES string of the molecule is COC(=O)C(C)(C)c1ccc2oc(N)nc2c1. The normalized spacial score (nSPS) is 11.7. The number of hydrogen-bond acceptors (Lipinski definition) is 5. The molecule has 2 rings (SSSR count). The monoisotopic (exact) mass is 234 g/mol. The molecule has 1 heterocycles. The van der Waals surface area contributed by atoms with Crippen molar-refractivity contribution in [2.75, 3.05) is 12.8 Å². The summed E-state index contributed by atoms with van der Waals surface area (Å²) >= 11 is 0. The molecule has 5 heteroatoms. The Labute approximate surface area is 98.6 Å². The van der Waals surface area contributed by atoms with Gasteiger partial charge in [-0.2, -0.15) is 4.98 Å². The van der Waals surface area contributed by atoms with Gasteiger partial charge < -0.3 is 14.9 Å². The highest BCUT2D eigenvalue weighted by Crippen LogP contribution is 2.28. The van der Waals surface area contributed by atoms with Gasteiger partial charge in [-0.25, -0.2) is 0 Å². The Bertz CT molecular complexity index is 572. The molecule has 0 aliphatic heterocycles. The van der Waals surface area contributed by atoms with Gasteiger partial charge >= 0.3 is 5.97 Å². The summed E-state index contributed by atoms with van der Waals surface area (Å²) in [5.74, 6) is -0.298. The van der Waals surface area contributed by atoms with Crippen LogP contribution in [0.3, 0.4) is 0 Å². The zero-order valence-corrected chi connectivity index (χ0v) is 9.98. The molecule has 0 atom stereocenters. The molecule has 17 heavy (non-hydrogen) atoms. The lowest BCUT2D eigenvalue weighted by atomic mass is 9.84. The maximum atomic E-state index is 11.7. The zero-order chi connectivity index (χ0) is 12.6. The van der Waals surface area contributed by atoms with Crippen molar-refractivity contribution in [1.82, 2.24) is 4.98 Å². The fourth-order valence-electron chi connectivity index (χ4n) is 1.71. The molecule has 1 aromatic heterocycles. The van der Waals surface area contributed by atoms with Crippen molar-refractivity contribution in [3.8, 4) is 0 Å². The van der Waals surface area contributed by atoms with E-state index >= 15 is 0 Å². The van der Waals surface area contributed by atoms with Crippen molar-refractivity contribution in [2.24, 2.45) is 0 Å². The van der Waals surface area contributed by atoms with Crippen LogP contribution in [-0.2, 0) is 14.9 Å². The third kappa shape index (κ3) is 1.84. The number of rotatable bonds is 2. The number of aromatic nitrogens is 1. The second kappa shape index (κ2) is 3.76. The molecular weight excluding hydrogens is 220 g/mol. The Hall–Kier alpha value is -2.04. The van der Waals surface area contributed by atoms with Gasteiger partial charge in [0.1, 0.15) is 5.52 Å². The molecule has 0 bridgehead atoms. The van der Waals surface area contributed by atoms with E-state index in [4.69, 9.17) is 14.9 Å². The Morgan fingerprint density at radius 1 is 1.47 bits per heavy atom. The fraction of sp³-hybridized carbons (Fsp3) is 0.333. The predicted octanol–water partition coefficient (Wildman–Crippen LogP) is 1.86. The number of nitrogens with zero attached hydrogens (tertiary/aromatic N) is 1. The average molecular weight is 234 g/mol. The minimum absolute atomic E-state index is 0.119. The number of ether oxygens (including phenoxy) is 1. The lowest BCUT2D eigenvalue weighted by Crippen LogP contribution is -2.30. The van der Waals surface area contributed by atoms with Crippen LogP contribution in [0, 0.1) is 0 Å². The van der Waals surface area contributed by atoms with Crippen molar-refractivity contribution in [3.05, 3.63) is 23.8 Å². The first-order valence-electron chi connectivity index (χ1n) is 5.20. The highest BCUT2D eigenvalue weighted by Gasteiger charge is 2.31. The maximum absolute atomic E-state index is 11.7. The zero-order valence-electron chi connectivity index (χ0n) is 9.98. The van der Waals surface area contributed by atoms with Crippen molar-refractivity contribution >= 4 is 23.1 Å². The highest BCUT2D eigenvalue weighted by atomic mass is 16.5. The molecule has 0 amide bonds. The Morgan fingerprint density at radius 3 is 2.82 bits per heavy atom. The van der Waals surface area contributed by atoms with Crippen LogP contribution in [0.15, 0.2) is 22.6 Å². The first-order valence-corrected chi connectivity index (χ1v) is 5.20. The third-order valence-corrected chi connectivity index (χ3v) is 2.82. The Kier molecular flexibility index (Phi) is 2.53. The molecule has 0 fully saturated rings. The second-order valence-electron chi connectivity index (χ2n) is 4.35. The van der Waals surface area contributed by atoms with Crippen molar-refractivity contribution in [2.45, 2.75) is 19.3 Å². The summed E-state index contributed by atoms with van der Waals surface area (Å²) in [5, 5.41) is 0. The van der Waals surface area contributed by atoms with Crippen molar-refractivity contribution in [1.29, 1.82) is 0 Å². The summed E-state index contributed by atoms with van der Waals surface area (Å²) in [6, 6.07) is 5.46.